The van der Waals surface area contributed by atoms with E-state index in [9.17, 15) is 0 Å². The van der Waals surface area contributed by atoms with Crippen LogP contribution in [0.4, 0.5) is 0 Å². The smallest absolute Gasteiger partial charge is 0.0808 e. The molecule has 19 heavy (non-hydrogen) atoms. The van der Waals surface area contributed by atoms with Crippen LogP contribution in [-0.4, -0.2) is 18.2 Å². The summed E-state index contributed by atoms with van der Waals surface area (Å²) >= 11 is 0. The van der Waals surface area contributed by atoms with Crippen LogP contribution in [0.15, 0.2) is 0 Å². The van der Waals surface area contributed by atoms with E-state index in [1.54, 1.807) is 0 Å². The van der Waals surface area contributed by atoms with Crippen molar-refractivity contribution in [2.45, 2.75) is 89.8 Å². The molecule has 0 amide bonds. The lowest BCUT2D eigenvalue weighted by molar-refractivity contribution is -0.142. The fourth-order valence-corrected chi connectivity index (χ4v) is 4.10. The molecule has 0 aromatic rings. The maximum absolute atomic E-state index is 6.64. The number of nitrogens with two attached hydrogens (primary N) is 1. The summed E-state index contributed by atoms with van der Waals surface area (Å²) in [4.78, 5) is 0. The van der Waals surface area contributed by atoms with E-state index >= 15 is 0 Å². The predicted molar refractivity (Wildman–Crippen MR) is 81.2 cm³/mol. The van der Waals surface area contributed by atoms with E-state index < -0.39 is 0 Å². The number of ether oxygens (including phenoxy) is 1. The molecule has 2 saturated carbocycles. The molecule has 2 rings (SSSR count). The highest BCUT2D eigenvalue weighted by atomic mass is 16.5. The fraction of sp³-hybridized carbons (Fsp3) is 1.00. The molecule has 2 fully saturated rings. The molecule has 2 unspecified atom stereocenters. The van der Waals surface area contributed by atoms with Crippen LogP contribution in [0.1, 0.15) is 78.1 Å². The lowest BCUT2D eigenvalue weighted by Gasteiger charge is -2.44. The van der Waals surface area contributed by atoms with E-state index in [-0.39, 0.29) is 5.60 Å². The quantitative estimate of drug-likeness (QED) is 0.807. The van der Waals surface area contributed by atoms with Crippen molar-refractivity contribution in [3.05, 3.63) is 0 Å². The summed E-state index contributed by atoms with van der Waals surface area (Å²) in [6.45, 7) is 5.35. The number of rotatable bonds is 5. The minimum atomic E-state index is 0.0150. The van der Waals surface area contributed by atoms with Gasteiger partial charge in [0.15, 0.2) is 0 Å². The molecule has 0 aliphatic heterocycles. The van der Waals surface area contributed by atoms with Gasteiger partial charge in [-0.3, -0.25) is 0 Å². The van der Waals surface area contributed by atoms with E-state index in [2.05, 4.69) is 13.8 Å². The first kappa shape index (κ1) is 15.3. The molecule has 0 saturated heterocycles. The third kappa shape index (κ3) is 3.72. The van der Waals surface area contributed by atoms with Crippen molar-refractivity contribution in [1.29, 1.82) is 0 Å². The molecule has 0 bridgehead atoms. The van der Waals surface area contributed by atoms with E-state index in [1.165, 1.54) is 64.2 Å². The predicted octanol–water partition coefficient (Wildman–Crippen LogP) is 4.27. The Balaban J connectivity index is 1.94. The van der Waals surface area contributed by atoms with E-state index in [4.69, 9.17) is 10.5 Å². The Kier molecular flexibility index (Phi) is 5.70. The van der Waals surface area contributed by atoms with Crippen molar-refractivity contribution in [2.24, 2.45) is 17.6 Å². The Labute approximate surface area is 119 Å². The molecule has 0 aromatic carbocycles. The fourth-order valence-electron chi connectivity index (χ4n) is 4.10. The zero-order valence-corrected chi connectivity index (χ0v) is 13.0. The molecule has 0 radical (unpaired) electrons. The summed E-state index contributed by atoms with van der Waals surface area (Å²) in [5, 5.41) is 0. The van der Waals surface area contributed by atoms with Crippen LogP contribution >= 0.6 is 0 Å². The second-order valence-corrected chi connectivity index (χ2v) is 6.85. The Morgan fingerprint density at radius 1 is 1.00 bits per heavy atom. The van der Waals surface area contributed by atoms with Crippen molar-refractivity contribution >= 4 is 0 Å². The molecular weight excluding hydrogens is 234 g/mol. The SMILES string of the molecule is CCC1CCC(CN)(OC2CCCCC2CC)CC1. The van der Waals surface area contributed by atoms with Crippen LogP contribution in [0.2, 0.25) is 0 Å². The summed E-state index contributed by atoms with van der Waals surface area (Å²) in [6.07, 6.45) is 13.4. The van der Waals surface area contributed by atoms with Gasteiger partial charge in [0.1, 0.15) is 0 Å². The molecule has 2 nitrogen and oxygen atoms in total. The Bertz CT molecular complexity index is 258. The van der Waals surface area contributed by atoms with Crippen LogP contribution in [-0.2, 0) is 4.74 Å². The molecule has 0 aromatic heterocycles. The summed E-state index contributed by atoms with van der Waals surface area (Å²) in [6, 6.07) is 0. The average Bonchev–Trinajstić information content (AvgIpc) is 2.48. The van der Waals surface area contributed by atoms with Crippen LogP contribution in [0.3, 0.4) is 0 Å². The van der Waals surface area contributed by atoms with Gasteiger partial charge in [-0.2, -0.15) is 0 Å². The lowest BCUT2D eigenvalue weighted by Crippen LogP contribution is -2.48. The van der Waals surface area contributed by atoms with E-state index in [0.29, 0.717) is 6.10 Å². The van der Waals surface area contributed by atoms with E-state index in [0.717, 1.165) is 18.4 Å². The van der Waals surface area contributed by atoms with Gasteiger partial charge in [0.05, 0.1) is 11.7 Å². The van der Waals surface area contributed by atoms with Gasteiger partial charge in [0, 0.05) is 6.54 Å². The molecule has 2 atom stereocenters. The highest BCUT2D eigenvalue weighted by Gasteiger charge is 2.38. The van der Waals surface area contributed by atoms with E-state index in [1.807, 2.05) is 0 Å². The number of hydrogen-bond donors (Lipinski definition) is 1. The van der Waals surface area contributed by atoms with Crippen molar-refractivity contribution in [3.63, 3.8) is 0 Å². The second-order valence-electron chi connectivity index (χ2n) is 6.85. The van der Waals surface area contributed by atoms with Gasteiger partial charge in [-0.1, -0.05) is 39.5 Å². The normalized spacial score (nSPS) is 40.3. The lowest BCUT2D eigenvalue weighted by atomic mass is 9.76. The van der Waals surface area contributed by atoms with Gasteiger partial charge in [0.2, 0.25) is 0 Å². The number of hydrogen-bond acceptors (Lipinski definition) is 2. The van der Waals surface area contributed by atoms with Gasteiger partial charge in [-0.05, 0) is 50.4 Å². The van der Waals surface area contributed by atoms with Crippen LogP contribution in [0, 0.1) is 11.8 Å². The summed E-state index contributed by atoms with van der Waals surface area (Å²) in [7, 11) is 0. The van der Waals surface area contributed by atoms with Crippen molar-refractivity contribution in [2.75, 3.05) is 6.54 Å². The van der Waals surface area contributed by atoms with Crippen molar-refractivity contribution in [3.8, 4) is 0 Å². The average molecular weight is 267 g/mol. The summed E-state index contributed by atoms with van der Waals surface area (Å²) in [5.74, 6) is 1.69. The molecule has 112 valence electrons. The zero-order chi connectivity index (χ0) is 13.7. The zero-order valence-electron chi connectivity index (χ0n) is 13.0. The molecule has 2 aliphatic carbocycles. The molecule has 2 heteroatoms. The van der Waals surface area contributed by atoms with Gasteiger partial charge >= 0.3 is 0 Å². The maximum Gasteiger partial charge on any atom is 0.0808 e. The minimum Gasteiger partial charge on any atom is -0.370 e. The van der Waals surface area contributed by atoms with Crippen LogP contribution < -0.4 is 5.73 Å². The third-order valence-corrected chi connectivity index (χ3v) is 5.73. The molecule has 0 spiro atoms. The Hall–Kier alpha value is -0.0800. The Morgan fingerprint density at radius 3 is 2.26 bits per heavy atom. The highest BCUT2D eigenvalue weighted by molar-refractivity contribution is 4.90. The maximum atomic E-state index is 6.64. The van der Waals surface area contributed by atoms with Crippen LogP contribution in [0.25, 0.3) is 0 Å². The summed E-state index contributed by atoms with van der Waals surface area (Å²) < 4.78 is 6.64. The highest BCUT2D eigenvalue weighted by Crippen LogP contribution is 2.40. The second kappa shape index (κ2) is 7.08. The topological polar surface area (TPSA) is 35.2 Å². The summed E-state index contributed by atoms with van der Waals surface area (Å²) in [5.41, 5.74) is 6.12. The molecule has 2 aliphatic rings. The van der Waals surface area contributed by atoms with Crippen LogP contribution in [0.5, 0.6) is 0 Å². The first-order chi connectivity index (χ1) is 9.23. The first-order valence-corrected chi connectivity index (χ1v) is 8.61. The van der Waals surface area contributed by atoms with Gasteiger partial charge < -0.3 is 10.5 Å². The van der Waals surface area contributed by atoms with Gasteiger partial charge in [0.25, 0.3) is 0 Å². The van der Waals surface area contributed by atoms with Gasteiger partial charge in [-0.25, -0.2) is 0 Å². The minimum absolute atomic E-state index is 0.0150. The van der Waals surface area contributed by atoms with Crippen molar-refractivity contribution in [1.82, 2.24) is 0 Å². The Morgan fingerprint density at radius 2 is 1.68 bits per heavy atom. The molecular formula is C17H33NO. The van der Waals surface area contributed by atoms with Crippen molar-refractivity contribution < 1.29 is 4.74 Å². The first-order valence-electron chi connectivity index (χ1n) is 8.61. The third-order valence-electron chi connectivity index (χ3n) is 5.73. The van der Waals surface area contributed by atoms with Gasteiger partial charge in [-0.15, -0.1) is 0 Å². The molecule has 2 N–H and O–H groups in total. The standard InChI is InChI=1S/C17H33NO/c1-3-14-9-11-17(13-18,12-10-14)19-16-8-6-5-7-15(16)4-2/h14-16H,3-13,18H2,1-2H3. The monoisotopic (exact) mass is 267 g/mol. The molecule has 0 heterocycles. The largest absolute Gasteiger partial charge is 0.370 e.